The maximum absolute atomic E-state index is 14.4. The zero-order valence-electron chi connectivity index (χ0n) is 46.4. The van der Waals surface area contributed by atoms with Crippen molar-refractivity contribution in [3.8, 4) is 22.3 Å². The lowest BCUT2D eigenvalue weighted by atomic mass is 10.0. The van der Waals surface area contributed by atoms with Gasteiger partial charge in [0.1, 0.15) is 25.4 Å². The van der Waals surface area contributed by atoms with E-state index >= 15 is 0 Å². The Labute approximate surface area is 511 Å². The molecule has 5 atom stereocenters. The number of carboxylic acids is 1. The fraction of sp³-hybridized carbons (Fsp3) is 0.317. The van der Waals surface area contributed by atoms with Crippen molar-refractivity contribution in [2.45, 2.75) is 109 Å². The van der Waals surface area contributed by atoms with Crippen molar-refractivity contribution >= 4 is 99.6 Å². The normalized spacial score (nSPS) is 16.9. The maximum Gasteiger partial charge on any atom is 0.323 e. The largest absolute Gasteiger partial charge is 0.480 e. The van der Waals surface area contributed by atoms with Crippen molar-refractivity contribution in [2.24, 2.45) is 11.5 Å². The fourth-order valence-electron chi connectivity index (χ4n) is 10.2. The van der Waals surface area contributed by atoms with Gasteiger partial charge in [-0.05, 0) is 143 Å². The van der Waals surface area contributed by atoms with Crippen LogP contribution in [0.1, 0.15) is 82.0 Å². The first-order valence-corrected chi connectivity index (χ1v) is 28.0. The number of hydrogen-bond donors (Lipinski definition) is 5. The second kappa shape index (κ2) is 32.1. The van der Waals surface area contributed by atoms with Crippen molar-refractivity contribution < 1.29 is 51.7 Å². The summed E-state index contributed by atoms with van der Waals surface area (Å²) in [7, 11) is 0. The molecule has 2 aliphatic heterocycles. The summed E-state index contributed by atoms with van der Waals surface area (Å²) in [5.74, 6) is -4.07. The Bertz CT molecular complexity index is 3600. The molecule has 0 bridgehead atoms. The number of aliphatic carboxylic acids is 1. The third kappa shape index (κ3) is 18.4. The number of likely N-dealkylation sites (tertiary alicyclic amines) is 1. The van der Waals surface area contributed by atoms with Gasteiger partial charge in [-0.3, -0.25) is 33.9 Å². The molecule has 0 spiro atoms. The number of aromatic nitrogens is 6. The molecular weight excluding hydrogens is 1180 g/mol. The second-order valence-corrected chi connectivity index (χ2v) is 20.2. The van der Waals surface area contributed by atoms with Crippen molar-refractivity contribution in [2.75, 3.05) is 13.1 Å². The summed E-state index contributed by atoms with van der Waals surface area (Å²) in [6.45, 7) is 4.09. The van der Waals surface area contributed by atoms with Crippen LogP contribution < -0.4 is 16.8 Å². The average Bonchev–Trinajstić information content (AvgIpc) is 3.22. The van der Waals surface area contributed by atoms with Crippen molar-refractivity contribution in [1.29, 1.82) is 0 Å². The van der Waals surface area contributed by atoms with Crippen LogP contribution in [0.2, 0.25) is 0 Å². The van der Waals surface area contributed by atoms with E-state index in [2.05, 4.69) is 47.6 Å². The first-order chi connectivity index (χ1) is 39.8. The Kier molecular flexibility index (Phi) is 25.7. The van der Waals surface area contributed by atoms with Gasteiger partial charge < -0.3 is 41.0 Å². The van der Waals surface area contributed by atoms with E-state index in [4.69, 9.17) is 16.6 Å². The number of nitrogens with two attached hydrogens (primary N) is 2. The number of primary amides is 2. The number of carbonyl (C=O) groups excluding carboxylic acids is 4. The third-order valence-corrected chi connectivity index (χ3v) is 14.3. The predicted molar refractivity (Wildman–Crippen MR) is 328 cm³/mol. The molecule has 450 valence electrons. The van der Waals surface area contributed by atoms with Crippen LogP contribution in [-0.4, -0.2) is 117 Å². The van der Waals surface area contributed by atoms with Crippen LogP contribution in [0.15, 0.2) is 122 Å². The van der Waals surface area contributed by atoms with E-state index in [-0.39, 0.29) is 100 Å². The predicted octanol–water partition coefficient (Wildman–Crippen LogP) is 8.51. The Balaban J connectivity index is 0.000000249. The van der Waals surface area contributed by atoms with Crippen molar-refractivity contribution in [3.63, 3.8) is 0 Å². The van der Waals surface area contributed by atoms with Crippen LogP contribution in [0.4, 0.5) is 17.6 Å². The van der Waals surface area contributed by atoms with E-state index in [1.165, 1.54) is 46.4 Å². The summed E-state index contributed by atoms with van der Waals surface area (Å²) >= 11 is 7.33. The van der Waals surface area contributed by atoms with E-state index in [1.54, 1.807) is 59.2 Å². The van der Waals surface area contributed by atoms with Gasteiger partial charge in [0.25, 0.3) is 11.8 Å². The van der Waals surface area contributed by atoms with Gasteiger partial charge in [0.05, 0.1) is 29.7 Å². The summed E-state index contributed by atoms with van der Waals surface area (Å²) < 4.78 is 56.9. The molecule has 8 aromatic rings. The minimum absolute atomic E-state index is 0. The molecule has 3 unspecified atom stereocenters. The maximum atomic E-state index is 14.4. The number of rotatable bonds is 14. The number of amides is 3. The molecule has 2 aliphatic rings. The van der Waals surface area contributed by atoms with Crippen LogP contribution in [-0.2, 0) is 62.7 Å². The van der Waals surface area contributed by atoms with Gasteiger partial charge >= 0.3 is 5.97 Å². The van der Waals surface area contributed by atoms with Crippen LogP contribution in [0.25, 0.3) is 44.1 Å². The molecule has 2 fully saturated rings. The third-order valence-electron chi connectivity index (χ3n) is 14.3. The molecule has 0 aliphatic carbocycles. The lowest BCUT2D eigenvalue weighted by Crippen LogP contribution is -2.46. The molecule has 10 rings (SSSR count). The molecule has 2 saturated heterocycles. The monoisotopic (exact) mass is 1240 g/mol. The highest BCUT2D eigenvalue weighted by Gasteiger charge is 2.34. The molecular formula is C60H65ClF4N10O7S3. The molecule has 25 heteroatoms. The Morgan fingerprint density at radius 1 is 0.671 bits per heavy atom. The van der Waals surface area contributed by atoms with Gasteiger partial charge in [0.15, 0.2) is 5.78 Å². The van der Waals surface area contributed by atoms with E-state index in [9.17, 15) is 46.6 Å². The van der Waals surface area contributed by atoms with Gasteiger partial charge in [0, 0.05) is 122 Å². The second-order valence-electron chi connectivity index (χ2n) is 20.2. The lowest BCUT2D eigenvalue weighted by molar-refractivity contribution is -0.139. The summed E-state index contributed by atoms with van der Waals surface area (Å²) in [4.78, 5) is 79.4. The quantitative estimate of drug-likeness (QED) is 0.0506. The zero-order valence-corrected chi connectivity index (χ0v) is 49.8. The topological polar surface area (TPSA) is 255 Å². The summed E-state index contributed by atoms with van der Waals surface area (Å²) in [6, 6.07) is 26.5. The first kappa shape index (κ1) is 68.2. The Morgan fingerprint density at radius 3 is 1.67 bits per heavy atom. The number of halogens is 5. The lowest BCUT2D eigenvalue weighted by Gasteiger charge is -2.29. The standard InChI is InChI=1S/C30H29F2N5O3.C16H12FN3O3.C14H21FN2O.ClH.S2.H2S/c1-18-3-2-4-22(35-18)14-27(38)26-9-7-21(31)11-12-37(26)29(39)17-36-16-24(30(33)40)23-13-19(5-8-25(23)36)20-6-10-28(32)34-15-20;17-14-4-2-10(6-19-14)9-1-3-13-11(5-9)12(16(18)23)7-20(13)8-15(21)22;1-10-3-2-4-12(17-10)9-14(18)13-6-5-11(15)7-8-16-13;;1-2;/h2-6,8,10,13,15-16,21,26H,7,9,11-12,14,17H2,1H3,(H2,33,40);1-7H,8H2,(H2,18,23)(H,21,22);2-4,11,13-14,16,18H,5-9H2,1H3;1H;;1H2/t21?,26-;;11?,13-,14?;;;/m0.0.../s1. The van der Waals surface area contributed by atoms with Gasteiger partial charge in [-0.15, -0.1) is 12.4 Å². The van der Waals surface area contributed by atoms with E-state index in [0.717, 1.165) is 22.6 Å². The van der Waals surface area contributed by atoms with Crippen LogP contribution in [0.5, 0.6) is 0 Å². The molecule has 7 N–H and O–H groups in total. The number of ketones is 1. The summed E-state index contributed by atoms with van der Waals surface area (Å²) in [5.41, 5.74) is 18.6. The van der Waals surface area contributed by atoms with Crippen LogP contribution >= 0.6 is 25.9 Å². The molecule has 85 heavy (non-hydrogen) atoms. The van der Waals surface area contributed by atoms with Crippen LogP contribution in [0.3, 0.4) is 0 Å². The minimum Gasteiger partial charge on any atom is -0.480 e. The molecule has 3 amide bonds. The molecule has 0 radical (unpaired) electrons. The van der Waals surface area contributed by atoms with Gasteiger partial charge in [-0.25, -0.2) is 18.7 Å². The Hall–Kier alpha value is -7.61. The van der Waals surface area contributed by atoms with Crippen molar-refractivity contribution in [3.05, 3.63) is 168 Å². The highest BCUT2D eigenvalue weighted by molar-refractivity contribution is 8.07. The van der Waals surface area contributed by atoms with E-state index < -0.39 is 54.2 Å². The van der Waals surface area contributed by atoms with E-state index in [0.29, 0.717) is 76.4 Å². The van der Waals surface area contributed by atoms with Crippen molar-refractivity contribution in [1.82, 2.24) is 39.3 Å². The number of aliphatic hydroxyl groups excluding tert-OH is 1. The SMILES string of the molecule is Cc1cccc(CC(=O)[C@@H]2CCC(F)CCN2C(=O)Cn2cc(C(N)=O)c3cc(-c4ccc(F)nc4)ccc32)n1.Cc1cccc(CC(O)[C@@H]2CCC(F)CCN2)n1.Cl.NC(=O)c1cn(CC(=O)O)c2ccc(-c3ccc(F)nc3)cc12.S.S=S. The number of aryl methyl sites for hydroxylation is 2. The molecule has 0 saturated carbocycles. The number of hydrogen-bond acceptors (Lipinski definition) is 13. The number of carboxylic acid groups (broad SMARTS) is 1. The highest BCUT2D eigenvalue weighted by atomic mass is 35.5. The number of carbonyl (C=O) groups is 5. The fourth-order valence-corrected chi connectivity index (χ4v) is 10.2. The smallest absolute Gasteiger partial charge is 0.323 e. The minimum atomic E-state index is -1.10. The number of nitrogens with zero attached hydrogens (tertiary/aromatic N) is 7. The number of aliphatic hydroxyl groups is 1. The average molecular weight is 1250 g/mol. The number of fused-ring (bicyclic) bond motifs is 2. The molecule has 8 heterocycles. The van der Waals surface area contributed by atoms with Gasteiger partial charge in [0.2, 0.25) is 17.8 Å². The Morgan fingerprint density at radius 2 is 1.16 bits per heavy atom. The number of pyridine rings is 4. The number of alkyl halides is 2. The van der Waals surface area contributed by atoms with E-state index in [1.807, 2.05) is 44.2 Å². The van der Waals surface area contributed by atoms with Crippen LogP contribution in [0, 0.1) is 25.7 Å². The van der Waals surface area contributed by atoms with Gasteiger partial charge in [-0.1, -0.05) is 24.3 Å². The molecule has 2 aromatic carbocycles. The molecule has 17 nitrogen and oxygen atoms in total. The number of Topliss-reactive ketones (excluding diaryl/α,β-unsaturated/α-hetero) is 1. The highest BCUT2D eigenvalue weighted by Crippen LogP contribution is 2.31. The number of nitrogens with one attached hydrogen (secondary N) is 1. The summed E-state index contributed by atoms with van der Waals surface area (Å²) in [5, 5.41) is 23.5. The first-order valence-electron chi connectivity index (χ1n) is 26.6. The van der Waals surface area contributed by atoms with Gasteiger partial charge in [-0.2, -0.15) is 22.3 Å². The summed E-state index contributed by atoms with van der Waals surface area (Å²) in [6.07, 6.45) is 6.30. The zero-order chi connectivity index (χ0) is 59.9. The number of benzene rings is 2. The molecule has 6 aromatic heterocycles.